The van der Waals surface area contributed by atoms with Crippen molar-refractivity contribution in [1.29, 1.82) is 0 Å². The van der Waals surface area contributed by atoms with Gasteiger partial charge < -0.3 is 9.64 Å². The monoisotopic (exact) mass is 275 g/mol. The van der Waals surface area contributed by atoms with Crippen LogP contribution in [0.3, 0.4) is 0 Å². The van der Waals surface area contributed by atoms with Crippen molar-refractivity contribution in [1.82, 2.24) is 4.90 Å². The van der Waals surface area contributed by atoms with Crippen LogP contribution < -0.4 is 0 Å². The van der Waals surface area contributed by atoms with Gasteiger partial charge in [0, 0.05) is 12.8 Å². The van der Waals surface area contributed by atoms with E-state index in [1.54, 1.807) is 6.92 Å². The van der Waals surface area contributed by atoms with Gasteiger partial charge in [0.2, 0.25) is 5.91 Å². The molecule has 106 valence electrons. The van der Waals surface area contributed by atoms with Crippen LogP contribution in [0.1, 0.15) is 19.8 Å². The molecule has 1 aliphatic heterocycles. The van der Waals surface area contributed by atoms with E-state index in [-0.39, 0.29) is 25.2 Å². The Kier molecular flexibility index (Phi) is 3.56. The summed E-state index contributed by atoms with van der Waals surface area (Å²) in [5.74, 6) is -5.87. The van der Waals surface area contributed by atoms with E-state index in [2.05, 4.69) is 0 Å². The minimum absolute atomic E-state index is 0.0422. The third kappa shape index (κ3) is 2.74. The van der Waals surface area contributed by atoms with Crippen molar-refractivity contribution in [2.75, 3.05) is 19.7 Å². The molecule has 0 aromatic carbocycles. The second-order valence-electron chi connectivity index (χ2n) is 4.96. The molecule has 1 heterocycles. The Morgan fingerprint density at radius 1 is 1.32 bits per heavy atom. The average molecular weight is 275 g/mol. The molecule has 1 saturated heterocycles. The minimum Gasteiger partial charge on any atom is -0.466 e. The maximum atomic E-state index is 12.7. The minimum atomic E-state index is -2.85. The number of likely N-dealkylation sites (tertiary alicyclic amines) is 1. The molecule has 5 nitrogen and oxygen atoms in total. The first kappa shape index (κ1) is 13.9. The number of hydrogen-bond acceptors (Lipinski definition) is 4. The van der Waals surface area contributed by atoms with E-state index >= 15 is 0 Å². The first-order valence-corrected chi connectivity index (χ1v) is 6.19. The summed E-state index contributed by atoms with van der Waals surface area (Å²) in [6, 6.07) is 0. The summed E-state index contributed by atoms with van der Waals surface area (Å²) in [5.41, 5.74) is 0. The van der Waals surface area contributed by atoms with E-state index < -0.39 is 42.7 Å². The maximum Gasteiger partial charge on any atom is 0.310 e. The number of esters is 1. The first-order chi connectivity index (χ1) is 8.84. The molecule has 2 fully saturated rings. The molecule has 1 saturated carbocycles. The Bertz CT molecular complexity index is 416. The van der Waals surface area contributed by atoms with Crippen molar-refractivity contribution < 1.29 is 27.9 Å². The van der Waals surface area contributed by atoms with Gasteiger partial charge >= 0.3 is 5.97 Å². The summed E-state index contributed by atoms with van der Waals surface area (Å²) in [6.45, 7) is 0.520. The maximum absolute atomic E-state index is 12.7. The molecule has 7 heteroatoms. The predicted octanol–water partition coefficient (Wildman–Crippen LogP) is 0.622. The highest BCUT2D eigenvalue weighted by Gasteiger charge is 2.51. The van der Waals surface area contributed by atoms with E-state index in [1.807, 2.05) is 0 Å². The van der Waals surface area contributed by atoms with Crippen LogP contribution in [0.4, 0.5) is 8.78 Å². The lowest BCUT2D eigenvalue weighted by atomic mass is 9.93. The molecule has 0 N–H and O–H groups in total. The van der Waals surface area contributed by atoms with Crippen molar-refractivity contribution in [3.63, 3.8) is 0 Å². The van der Waals surface area contributed by atoms with Crippen LogP contribution >= 0.6 is 0 Å². The van der Waals surface area contributed by atoms with Gasteiger partial charge in [0.05, 0.1) is 31.5 Å². The molecule has 0 aromatic rings. The highest BCUT2D eigenvalue weighted by molar-refractivity contribution is 5.97. The van der Waals surface area contributed by atoms with Crippen molar-refractivity contribution in [3.05, 3.63) is 0 Å². The van der Waals surface area contributed by atoms with Gasteiger partial charge in [-0.25, -0.2) is 8.78 Å². The lowest BCUT2D eigenvalue weighted by molar-refractivity contribution is -0.173. The lowest BCUT2D eigenvalue weighted by Crippen LogP contribution is -2.60. The number of halogens is 2. The Morgan fingerprint density at radius 3 is 2.42 bits per heavy atom. The second kappa shape index (κ2) is 4.86. The molecule has 2 unspecified atom stereocenters. The number of ether oxygens (including phenoxy) is 1. The van der Waals surface area contributed by atoms with E-state index in [1.165, 1.54) is 0 Å². The first-order valence-electron chi connectivity index (χ1n) is 6.19. The van der Waals surface area contributed by atoms with Gasteiger partial charge in [0.1, 0.15) is 5.78 Å². The van der Waals surface area contributed by atoms with E-state index in [9.17, 15) is 23.2 Å². The molecular weight excluding hydrogens is 260 g/mol. The van der Waals surface area contributed by atoms with Crippen molar-refractivity contribution in [2.24, 2.45) is 11.8 Å². The molecule has 2 rings (SSSR count). The molecule has 0 spiro atoms. The lowest BCUT2D eigenvalue weighted by Gasteiger charge is -2.40. The van der Waals surface area contributed by atoms with Crippen molar-refractivity contribution in [3.8, 4) is 0 Å². The normalized spacial score (nSPS) is 29.0. The van der Waals surface area contributed by atoms with Gasteiger partial charge in [-0.2, -0.15) is 0 Å². The van der Waals surface area contributed by atoms with Crippen LogP contribution in [0.2, 0.25) is 0 Å². The number of nitrogens with zero attached hydrogens (tertiary/aromatic N) is 1. The number of Topliss-reactive ketones (excluding diaryl/α,β-unsaturated/α-hetero) is 1. The zero-order valence-electron chi connectivity index (χ0n) is 10.5. The number of amides is 1. The average Bonchev–Trinajstić information content (AvgIpc) is 2.67. The number of alkyl halides is 2. The number of ketones is 1. The fourth-order valence-electron chi connectivity index (χ4n) is 2.52. The van der Waals surface area contributed by atoms with Gasteiger partial charge in [-0.1, -0.05) is 0 Å². The highest BCUT2D eigenvalue weighted by Crippen LogP contribution is 2.35. The molecule has 0 bridgehead atoms. The van der Waals surface area contributed by atoms with Crippen LogP contribution in [-0.4, -0.2) is 48.2 Å². The number of hydrogen-bond donors (Lipinski definition) is 0. The third-order valence-corrected chi connectivity index (χ3v) is 3.44. The van der Waals surface area contributed by atoms with Crippen molar-refractivity contribution in [2.45, 2.75) is 25.7 Å². The van der Waals surface area contributed by atoms with Crippen LogP contribution in [0.5, 0.6) is 0 Å². The van der Waals surface area contributed by atoms with E-state index in [0.29, 0.717) is 0 Å². The van der Waals surface area contributed by atoms with Crippen LogP contribution in [0.25, 0.3) is 0 Å². The zero-order chi connectivity index (χ0) is 14.2. The number of rotatable bonds is 3. The summed E-state index contributed by atoms with van der Waals surface area (Å²) in [7, 11) is 0. The Labute approximate surface area is 108 Å². The molecule has 1 amide bonds. The number of carbonyl (C=O) groups excluding carboxylic acids is 3. The van der Waals surface area contributed by atoms with Crippen LogP contribution in [0.15, 0.2) is 0 Å². The Morgan fingerprint density at radius 2 is 1.89 bits per heavy atom. The van der Waals surface area contributed by atoms with Gasteiger partial charge in [-0.15, -0.1) is 0 Å². The van der Waals surface area contributed by atoms with Crippen LogP contribution in [0, 0.1) is 11.8 Å². The van der Waals surface area contributed by atoms with Crippen molar-refractivity contribution >= 4 is 17.7 Å². The summed E-state index contributed by atoms with van der Waals surface area (Å²) in [4.78, 5) is 36.1. The van der Waals surface area contributed by atoms with E-state index in [4.69, 9.17) is 4.74 Å². The molecule has 2 atom stereocenters. The van der Waals surface area contributed by atoms with Gasteiger partial charge in [-0.3, -0.25) is 14.4 Å². The fraction of sp³-hybridized carbons (Fsp3) is 0.750. The van der Waals surface area contributed by atoms with Gasteiger partial charge in [-0.05, 0) is 6.92 Å². The molecule has 1 aliphatic carbocycles. The smallest absolute Gasteiger partial charge is 0.310 e. The summed E-state index contributed by atoms with van der Waals surface area (Å²) >= 11 is 0. The SMILES string of the molecule is CCOC(=O)C1CC(=O)CC1C(=O)N1CC(F)(F)C1. The Balaban J connectivity index is 2.03. The second-order valence-corrected chi connectivity index (χ2v) is 4.96. The van der Waals surface area contributed by atoms with Gasteiger partial charge in [0.15, 0.2) is 0 Å². The molecule has 0 radical (unpaired) electrons. The number of carbonyl (C=O) groups is 3. The zero-order valence-corrected chi connectivity index (χ0v) is 10.5. The standard InChI is InChI=1S/C12H15F2NO4/c1-2-19-11(18)9-4-7(16)3-8(9)10(17)15-5-12(13,14)6-15/h8-9H,2-6H2,1H3. The van der Waals surface area contributed by atoms with Gasteiger partial charge in [0.25, 0.3) is 5.92 Å². The summed E-state index contributed by atoms with van der Waals surface area (Å²) in [5, 5.41) is 0. The predicted molar refractivity (Wildman–Crippen MR) is 59.4 cm³/mol. The van der Waals surface area contributed by atoms with Crippen LogP contribution in [-0.2, 0) is 19.1 Å². The largest absolute Gasteiger partial charge is 0.466 e. The topological polar surface area (TPSA) is 63.7 Å². The molecule has 19 heavy (non-hydrogen) atoms. The third-order valence-electron chi connectivity index (χ3n) is 3.44. The fourth-order valence-corrected chi connectivity index (χ4v) is 2.52. The van der Waals surface area contributed by atoms with E-state index in [0.717, 1.165) is 4.90 Å². The summed E-state index contributed by atoms with van der Waals surface area (Å²) in [6.07, 6.45) is -0.107. The Hall–Kier alpha value is -1.53. The molecule has 0 aromatic heterocycles. The highest BCUT2D eigenvalue weighted by atomic mass is 19.3. The molecule has 2 aliphatic rings. The summed E-state index contributed by atoms with van der Waals surface area (Å²) < 4.78 is 30.3. The quantitative estimate of drug-likeness (QED) is 0.708. The molecular formula is C12H15F2NO4.